The summed E-state index contributed by atoms with van der Waals surface area (Å²) in [5, 5.41) is 5.66. The first-order valence-electron chi connectivity index (χ1n) is 7.46. The lowest BCUT2D eigenvalue weighted by atomic mass is 10.0. The Balaban J connectivity index is 1.90. The predicted molar refractivity (Wildman–Crippen MR) is 91.4 cm³/mol. The van der Waals surface area contributed by atoms with E-state index >= 15 is 0 Å². The maximum Gasteiger partial charge on any atom is 0.319 e. The fraction of sp³-hybridized carbons (Fsp3) is 0.278. The summed E-state index contributed by atoms with van der Waals surface area (Å²) >= 11 is 0. The van der Waals surface area contributed by atoms with Crippen LogP contribution < -0.4 is 20.1 Å². The van der Waals surface area contributed by atoms with Crippen molar-refractivity contribution in [1.82, 2.24) is 5.32 Å². The molecule has 2 N–H and O–H groups in total. The number of anilines is 1. The molecule has 0 spiro atoms. The maximum atomic E-state index is 12.0. The Labute approximate surface area is 136 Å². The highest BCUT2D eigenvalue weighted by Crippen LogP contribution is 2.29. The van der Waals surface area contributed by atoms with Gasteiger partial charge in [0.1, 0.15) is 0 Å². The van der Waals surface area contributed by atoms with E-state index in [0.717, 1.165) is 0 Å². The van der Waals surface area contributed by atoms with Crippen molar-refractivity contribution < 1.29 is 14.3 Å². The lowest BCUT2D eigenvalue weighted by Crippen LogP contribution is -2.31. The quantitative estimate of drug-likeness (QED) is 0.856. The van der Waals surface area contributed by atoms with E-state index in [-0.39, 0.29) is 11.9 Å². The Morgan fingerprint density at radius 2 is 1.74 bits per heavy atom. The van der Waals surface area contributed by atoms with Crippen molar-refractivity contribution in [2.75, 3.05) is 26.1 Å². The molecule has 0 saturated carbocycles. The number of hydrogen-bond acceptors (Lipinski definition) is 3. The number of amides is 2. The minimum atomic E-state index is -0.250. The molecule has 2 aromatic carbocycles. The molecule has 0 heterocycles. The van der Waals surface area contributed by atoms with Crippen molar-refractivity contribution in [2.45, 2.75) is 12.8 Å². The van der Waals surface area contributed by atoms with Crippen LogP contribution in [0.3, 0.4) is 0 Å². The van der Waals surface area contributed by atoms with Gasteiger partial charge in [0.25, 0.3) is 0 Å². The molecule has 23 heavy (non-hydrogen) atoms. The van der Waals surface area contributed by atoms with Crippen LogP contribution in [0.1, 0.15) is 18.4 Å². The summed E-state index contributed by atoms with van der Waals surface area (Å²) in [7, 11) is 3.13. The SMILES string of the molecule is COc1ccc(NC(=O)NC[C@@H](C)c2ccccc2)cc1OC. The van der Waals surface area contributed by atoms with Crippen LogP contribution in [0.5, 0.6) is 11.5 Å². The van der Waals surface area contributed by atoms with Gasteiger partial charge in [-0.25, -0.2) is 4.79 Å². The van der Waals surface area contributed by atoms with Gasteiger partial charge in [-0.05, 0) is 23.6 Å². The van der Waals surface area contributed by atoms with E-state index in [0.29, 0.717) is 23.7 Å². The summed E-state index contributed by atoms with van der Waals surface area (Å²) in [6.07, 6.45) is 0. The van der Waals surface area contributed by atoms with Crippen molar-refractivity contribution >= 4 is 11.7 Å². The topological polar surface area (TPSA) is 59.6 Å². The molecular formula is C18H22N2O3. The third kappa shape index (κ3) is 4.64. The van der Waals surface area contributed by atoms with E-state index in [1.54, 1.807) is 32.4 Å². The number of urea groups is 1. The van der Waals surface area contributed by atoms with Crippen molar-refractivity contribution in [2.24, 2.45) is 0 Å². The standard InChI is InChI=1S/C18H22N2O3/c1-13(14-7-5-4-6-8-14)12-19-18(21)20-15-9-10-16(22-2)17(11-15)23-3/h4-11,13H,12H2,1-3H3,(H2,19,20,21)/t13-/m1/s1. The fourth-order valence-electron chi connectivity index (χ4n) is 2.23. The lowest BCUT2D eigenvalue weighted by Gasteiger charge is -2.14. The number of hydrogen-bond donors (Lipinski definition) is 2. The average Bonchev–Trinajstić information content (AvgIpc) is 2.60. The molecule has 2 rings (SSSR count). The first-order chi connectivity index (χ1) is 11.1. The third-order valence-electron chi connectivity index (χ3n) is 3.58. The minimum Gasteiger partial charge on any atom is -0.493 e. The first kappa shape index (κ1) is 16.7. The van der Waals surface area contributed by atoms with Gasteiger partial charge in [0, 0.05) is 18.3 Å². The molecule has 0 fully saturated rings. The molecule has 0 saturated heterocycles. The largest absolute Gasteiger partial charge is 0.493 e. The minimum absolute atomic E-state index is 0.243. The van der Waals surface area contributed by atoms with Crippen LogP contribution in [0.4, 0.5) is 10.5 Å². The van der Waals surface area contributed by atoms with E-state index in [9.17, 15) is 4.79 Å². The molecule has 0 bridgehead atoms. The monoisotopic (exact) mass is 314 g/mol. The van der Waals surface area contributed by atoms with Gasteiger partial charge in [0.15, 0.2) is 11.5 Å². The van der Waals surface area contributed by atoms with Crippen molar-refractivity contribution in [3.63, 3.8) is 0 Å². The Morgan fingerprint density at radius 1 is 1.04 bits per heavy atom. The van der Waals surface area contributed by atoms with Crippen LogP contribution in [-0.2, 0) is 0 Å². The molecule has 5 nitrogen and oxygen atoms in total. The summed E-state index contributed by atoms with van der Waals surface area (Å²) < 4.78 is 10.4. The van der Waals surface area contributed by atoms with Crippen LogP contribution >= 0.6 is 0 Å². The predicted octanol–water partition coefficient (Wildman–Crippen LogP) is 3.63. The molecular weight excluding hydrogens is 292 g/mol. The molecule has 2 aromatic rings. The number of carbonyl (C=O) groups excluding carboxylic acids is 1. The van der Waals surface area contributed by atoms with Crippen molar-refractivity contribution in [3.05, 3.63) is 54.1 Å². The zero-order chi connectivity index (χ0) is 16.7. The lowest BCUT2D eigenvalue weighted by molar-refractivity contribution is 0.251. The highest BCUT2D eigenvalue weighted by molar-refractivity contribution is 5.89. The number of methoxy groups -OCH3 is 2. The second-order valence-electron chi connectivity index (χ2n) is 5.22. The fourth-order valence-corrected chi connectivity index (χ4v) is 2.23. The van der Waals surface area contributed by atoms with Crippen molar-refractivity contribution in [1.29, 1.82) is 0 Å². The first-order valence-corrected chi connectivity index (χ1v) is 7.46. The zero-order valence-corrected chi connectivity index (χ0v) is 13.6. The normalized spacial score (nSPS) is 11.4. The average molecular weight is 314 g/mol. The number of benzene rings is 2. The van der Waals surface area contributed by atoms with Gasteiger partial charge in [-0.3, -0.25) is 0 Å². The Morgan fingerprint density at radius 3 is 2.39 bits per heavy atom. The van der Waals surface area contributed by atoms with E-state index < -0.39 is 0 Å². The summed E-state index contributed by atoms with van der Waals surface area (Å²) in [6.45, 7) is 2.63. The highest BCUT2D eigenvalue weighted by Gasteiger charge is 2.09. The van der Waals surface area contributed by atoms with E-state index in [1.807, 2.05) is 18.2 Å². The van der Waals surface area contributed by atoms with Gasteiger partial charge >= 0.3 is 6.03 Å². The molecule has 1 atom stereocenters. The second kappa shape index (κ2) is 8.08. The molecule has 2 amide bonds. The molecule has 0 aliphatic rings. The van der Waals surface area contributed by atoms with E-state index in [2.05, 4.69) is 29.7 Å². The molecule has 5 heteroatoms. The van der Waals surface area contributed by atoms with Gasteiger partial charge in [0.2, 0.25) is 0 Å². The highest BCUT2D eigenvalue weighted by atomic mass is 16.5. The van der Waals surface area contributed by atoms with Gasteiger partial charge < -0.3 is 20.1 Å². The summed E-state index contributed by atoms with van der Waals surface area (Å²) in [4.78, 5) is 12.0. The maximum absolute atomic E-state index is 12.0. The van der Waals surface area contributed by atoms with Crippen molar-refractivity contribution in [3.8, 4) is 11.5 Å². The molecule has 0 unspecified atom stereocenters. The van der Waals surface area contributed by atoms with Crippen LogP contribution in [0, 0.1) is 0 Å². The second-order valence-corrected chi connectivity index (χ2v) is 5.22. The van der Waals surface area contributed by atoms with Gasteiger partial charge in [-0.2, -0.15) is 0 Å². The number of carbonyl (C=O) groups is 1. The van der Waals surface area contributed by atoms with E-state index in [4.69, 9.17) is 9.47 Å². The van der Waals surface area contributed by atoms with Gasteiger partial charge in [-0.15, -0.1) is 0 Å². The number of ether oxygens (including phenoxy) is 2. The Hall–Kier alpha value is -2.69. The number of nitrogens with one attached hydrogen (secondary N) is 2. The molecule has 0 aromatic heterocycles. The van der Waals surface area contributed by atoms with Gasteiger partial charge in [-0.1, -0.05) is 37.3 Å². The van der Waals surface area contributed by atoms with Crippen LogP contribution in [0.15, 0.2) is 48.5 Å². The molecule has 0 aliphatic carbocycles. The zero-order valence-electron chi connectivity index (χ0n) is 13.6. The summed E-state index contributed by atoms with van der Waals surface area (Å²) in [5.41, 5.74) is 1.84. The van der Waals surface area contributed by atoms with Crippen LogP contribution in [0.2, 0.25) is 0 Å². The van der Waals surface area contributed by atoms with Gasteiger partial charge in [0.05, 0.1) is 14.2 Å². The summed E-state index contributed by atoms with van der Waals surface area (Å²) in [6, 6.07) is 15.1. The number of rotatable bonds is 6. The van der Waals surface area contributed by atoms with Crippen LogP contribution in [-0.4, -0.2) is 26.8 Å². The molecule has 0 radical (unpaired) electrons. The Bertz CT molecular complexity index is 644. The third-order valence-corrected chi connectivity index (χ3v) is 3.58. The van der Waals surface area contributed by atoms with Crippen LogP contribution in [0.25, 0.3) is 0 Å². The Kier molecular flexibility index (Phi) is 5.86. The smallest absolute Gasteiger partial charge is 0.319 e. The molecule has 0 aliphatic heterocycles. The molecule has 122 valence electrons. The summed E-state index contributed by atoms with van der Waals surface area (Å²) in [5.74, 6) is 1.44. The van der Waals surface area contributed by atoms with E-state index in [1.165, 1.54) is 5.56 Å².